The van der Waals surface area contributed by atoms with Crippen LogP contribution in [0.1, 0.15) is 24.4 Å². The molecule has 1 saturated heterocycles. The molecule has 0 radical (unpaired) electrons. The average molecular weight is 277 g/mol. The first-order chi connectivity index (χ1) is 8.74. The largest absolute Gasteiger partial charge is 0.464 e. The summed E-state index contributed by atoms with van der Waals surface area (Å²) >= 11 is 0.574. The van der Waals surface area contributed by atoms with E-state index >= 15 is 0 Å². The van der Waals surface area contributed by atoms with Gasteiger partial charge in [-0.2, -0.15) is 8.78 Å². The lowest BCUT2D eigenvalue weighted by Crippen LogP contribution is -2.25. The minimum atomic E-state index is -2.35. The maximum absolute atomic E-state index is 12.0. The van der Waals surface area contributed by atoms with Crippen molar-refractivity contribution < 1.29 is 17.9 Å². The summed E-state index contributed by atoms with van der Waals surface area (Å²) in [6.07, 6.45) is 2.53. The summed E-state index contributed by atoms with van der Waals surface area (Å²) in [5.41, 5.74) is 0. The van der Waals surface area contributed by atoms with Gasteiger partial charge in [0.1, 0.15) is 11.5 Å². The summed E-state index contributed by atoms with van der Waals surface area (Å²) in [6, 6.07) is 3.57. The second kappa shape index (κ2) is 7.11. The molecular weight excluding hydrogens is 260 g/mol. The van der Waals surface area contributed by atoms with Crippen LogP contribution in [0.15, 0.2) is 16.5 Å². The predicted molar refractivity (Wildman–Crippen MR) is 66.7 cm³/mol. The van der Waals surface area contributed by atoms with Gasteiger partial charge >= 0.3 is 0 Å². The van der Waals surface area contributed by atoms with Gasteiger partial charge in [0.05, 0.1) is 18.4 Å². The van der Waals surface area contributed by atoms with Crippen molar-refractivity contribution in [2.45, 2.75) is 37.0 Å². The third-order valence-corrected chi connectivity index (χ3v) is 3.47. The van der Waals surface area contributed by atoms with E-state index in [0.29, 0.717) is 30.2 Å². The number of hydrogen-bond donors (Lipinski definition) is 1. The molecular formula is C12H17F2NO2S. The minimum absolute atomic E-state index is 0.212. The SMILES string of the molecule is FC(F)SCc1ccc(CNCC2CCCO2)o1. The van der Waals surface area contributed by atoms with Crippen LogP contribution in [0.4, 0.5) is 8.78 Å². The molecule has 2 rings (SSSR count). The fraction of sp³-hybridized carbons (Fsp3) is 0.667. The average Bonchev–Trinajstić information content (AvgIpc) is 2.97. The number of halogens is 2. The van der Waals surface area contributed by atoms with Crippen molar-refractivity contribution >= 4 is 11.8 Å². The topological polar surface area (TPSA) is 34.4 Å². The summed E-state index contributed by atoms with van der Waals surface area (Å²) in [5, 5.41) is 3.25. The Morgan fingerprint density at radius 3 is 2.94 bits per heavy atom. The maximum atomic E-state index is 12.0. The van der Waals surface area contributed by atoms with E-state index in [1.807, 2.05) is 6.07 Å². The lowest BCUT2D eigenvalue weighted by Gasteiger charge is -2.09. The molecule has 1 N–H and O–H groups in total. The minimum Gasteiger partial charge on any atom is -0.464 e. The standard InChI is InChI=1S/C12H17F2NO2S/c13-12(14)18-8-11-4-3-10(17-11)7-15-6-9-2-1-5-16-9/h3-4,9,12,15H,1-2,5-8H2. The zero-order valence-electron chi connectivity index (χ0n) is 10.0. The summed E-state index contributed by atoms with van der Waals surface area (Å²) in [6.45, 7) is 2.27. The molecule has 0 amide bonds. The zero-order valence-corrected chi connectivity index (χ0v) is 10.8. The fourth-order valence-electron chi connectivity index (χ4n) is 1.90. The second-order valence-electron chi connectivity index (χ2n) is 4.21. The van der Waals surface area contributed by atoms with Crippen LogP contribution in [0.2, 0.25) is 0 Å². The van der Waals surface area contributed by atoms with E-state index in [2.05, 4.69) is 5.32 Å². The summed E-state index contributed by atoms with van der Waals surface area (Å²) in [7, 11) is 0. The quantitative estimate of drug-likeness (QED) is 0.831. The zero-order chi connectivity index (χ0) is 12.8. The van der Waals surface area contributed by atoms with Crippen LogP contribution in [0.3, 0.4) is 0 Å². The number of rotatable bonds is 7. The third-order valence-electron chi connectivity index (χ3n) is 2.76. The Labute approximate surface area is 109 Å². The molecule has 18 heavy (non-hydrogen) atoms. The van der Waals surface area contributed by atoms with E-state index < -0.39 is 5.76 Å². The van der Waals surface area contributed by atoms with E-state index in [1.165, 1.54) is 0 Å². The van der Waals surface area contributed by atoms with Gasteiger partial charge in [-0.05, 0) is 25.0 Å². The maximum Gasteiger partial charge on any atom is 0.284 e. The van der Waals surface area contributed by atoms with Crippen molar-refractivity contribution in [1.82, 2.24) is 5.32 Å². The molecule has 0 bridgehead atoms. The molecule has 1 unspecified atom stereocenters. The predicted octanol–water partition coefficient (Wildman–Crippen LogP) is 3.00. The molecule has 1 fully saturated rings. The summed E-state index contributed by atoms with van der Waals surface area (Å²) in [4.78, 5) is 0. The van der Waals surface area contributed by atoms with Gasteiger partial charge in [-0.15, -0.1) is 0 Å². The molecule has 0 aliphatic carbocycles. The van der Waals surface area contributed by atoms with Crippen LogP contribution >= 0.6 is 11.8 Å². The molecule has 0 spiro atoms. The lowest BCUT2D eigenvalue weighted by atomic mass is 10.2. The Morgan fingerprint density at radius 2 is 2.22 bits per heavy atom. The van der Waals surface area contributed by atoms with Crippen molar-refractivity contribution in [1.29, 1.82) is 0 Å². The molecule has 2 heterocycles. The van der Waals surface area contributed by atoms with Crippen LogP contribution < -0.4 is 5.32 Å². The van der Waals surface area contributed by atoms with Crippen molar-refractivity contribution in [3.05, 3.63) is 23.7 Å². The lowest BCUT2D eigenvalue weighted by molar-refractivity contribution is 0.109. The molecule has 0 saturated carbocycles. The monoisotopic (exact) mass is 277 g/mol. The highest BCUT2D eigenvalue weighted by molar-refractivity contribution is 7.98. The molecule has 1 aliphatic rings. The van der Waals surface area contributed by atoms with Gasteiger partial charge in [-0.3, -0.25) is 0 Å². The number of thioether (sulfide) groups is 1. The van der Waals surface area contributed by atoms with Crippen LogP contribution in [-0.2, 0) is 17.0 Å². The highest BCUT2D eigenvalue weighted by Gasteiger charge is 2.14. The summed E-state index contributed by atoms with van der Waals surface area (Å²) < 4.78 is 34.9. The Bertz CT molecular complexity index is 354. The molecule has 3 nitrogen and oxygen atoms in total. The van der Waals surface area contributed by atoms with E-state index in [9.17, 15) is 8.78 Å². The number of ether oxygens (including phenoxy) is 1. The van der Waals surface area contributed by atoms with E-state index in [0.717, 1.165) is 31.8 Å². The van der Waals surface area contributed by atoms with Crippen molar-refractivity contribution in [3.8, 4) is 0 Å². The van der Waals surface area contributed by atoms with Gasteiger partial charge in [0, 0.05) is 13.2 Å². The van der Waals surface area contributed by atoms with Gasteiger partial charge < -0.3 is 14.5 Å². The molecule has 1 aromatic heterocycles. The molecule has 102 valence electrons. The molecule has 1 aliphatic heterocycles. The normalized spacial score (nSPS) is 19.8. The van der Waals surface area contributed by atoms with E-state index in [-0.39, 0.29) is 5.75 Å². The first-order valence-corrected chi connectivity index (χ1v) is 7.08. The van der Waals surface area contributed by atoms with E-state index in [1.54, 1.807) is 6.07 Å². The van der Waals surface area contributed by atoms with Crippen LogP contribution in [0.25, 0.3) is 0 Å². The Hall–Kier alpha value is -0.590. The Balaban J connectivity index is 1.66. The van der Waals surface area contributed by atoms with Crippen LogP contribution in [-0.4, -0.2) is 25.0 Å². The summed E-state index contributed by atoms with van der Waals surface area (Å²) in [5.74, 6) is -0.771. The molecule has 6 heteroatoms. The van der Waals surface area contributed by atoms with Gasteiger partial charge in [0.2, 0.25) is 0 Å². The highest BCUT2D eigenvalue weighted by atomic mass is 32.2. The Kier molecular flexibility index (Phi) is 5.46. The third kappa shape index (κ3) is 4.59. The molecule has 0 aromatic carbocycles. The van der Waals surface area contributed by atoms with Crippen LogP contribution in [0.5, 0.6) is 0 Å². The fourth-order valence-corrected chi connectivity index (χ4v) is 2.35. The highest BCUT2D eigenvalue weighted by Crippen LogP contribution is 2.21. The molecule has 1 atom stereocenters. The Morgan fingerprint density at radius 1 is 1.39 bits per heavy atom. The first-order valence-electron chi connectivity index (χ1n) is 6.03. The molecule has 1 aromatic rings. The number of alkyl halides is 2. The van der Waals surface area contributed by atoms with Gasteiger partial charge in [-0.25, -0.2) is 0 Å². The number of nitrogens with one attached hydrogen (secondary N) is 1. The number of hydrogen-bond acceptors (Lipinski definition) is 4. The van der Waals surface area contributed by atoms with Gasteiger partial charge in [-0.1, -0.05) is 11.8 Å². The first kappa shape index (κ1) is 13.8. The van der Waals surface area contributed by atoms with E-state index in [4.69, 9.17) is 9.15 Å². The van der Waals surface area contributed by atoms with Gasteiger partial charge in [0.25, 0.3) is 5.76 Å². The van der Waals surface area contributed by atoms with Crippen molar-refractivity contribution in [3.63, 3.8) is 0 Å². The van der Waals surface area contributed by atoms with Crippen LogP contribution in [0, 0.1) is 0 Å². The van der Waals surface area contributed by atoms with Crippen molar-refractivity contribution in [2.75, 3.05) is 13.2 Å². The smallest absolute Gasteiger partial charge is 0.284 e. The second-order valence-corrected chi connectivity index (χ2v) is 5.18. The van der Waals surface area contributed by atoms with Gasteiger partial charge in [0.15, 0.2) is 0 Å². The van der Waals surface area contributed by atoms with Crippen molar-refractivity contribution in [2.24, 2.45) is 0 Å². The number of furan rings is 1.